The van der Waals surface area contributed by atoms with Crippen LogP contribution in [0.25, 0.3) is 10.2 Å². The molecule has 0 aliphatic heterocycles. The highest BCUT2D eigenvalue weighted by Crippen LogP contribution is 2.34. The third-order valence-electron chi connectivity index (χ3n) is 3.01. The van der Waals surface area contributed by atoms with E-state index in [0.717, 1.165) is 22.6 Å². The molecule has 2 aromatic rings. The molecule has 0 atom stereocenters. The summed E-state index contributed by atoms with van der Waals surface area (Å²) in [6.45, 7) is 3.60. The third kappa shape index (κ3) is 3.28. The van der Waals surface area contributed by atoms with Gasteiger partial charge in [0, 0.05) is 11.9 Å². The quantitative estimate of drug-likeness (QED) is 0.715. The fraction of sp³-hybridized carbons (Fsp3) is 0.364. The van der Waals surface area contributed by atoms with E-state index in [0.29, 0.717) is 20.8 Å². The number of aryl methyl sites for hydroxylation is 2. The van der Waals surface area contributed by atoms with Gasteiger partial charge in [-0.25, -0.2) is 13.6 Å². The third-order valence-corrected chi connectivity index (χ3v) is 4.88. The molecule has 0 radical (unpaired) electrons. The van der Waals surface area contributed by atoms with Crippen molar-refractivity contribution >= 4 is 43.2 Å². The number of nitrogens with zero attached hydrogens (tertiary/aromatic N) is 2. The Morgan fingerprint density at radius 1 is 1.33 bits per heavy atom. The van der Waals surface area contributed by atoms with Crippen molar-refractivity contribution in [1.29, 1.82) is 0 Å². The second-order valence-electron chi connectivity index (χ2n) is 4.56. The van der Waals surface area contributed by atoms with Crippen LogP contribution in [0.5, 0.6) is 0 Å². The number of nitrogen functional groups attached to an aromatic ring is 1. The topological polar surface area (TPSA) is 141 Å². The average Bonchev–Trinajstić information content (AvgIpc) is 2.70. The number of thiophene rings is 1. The highest BCUT2D eigenvalue weighted by molar-refractivity contribution is 7.89. The summed E-state index contributed by atoms with van der Waals surface area (Å²) in [6, 6.07) is 0. The van der Waals surface area contributed by atoms with Gasteiger partial charge in [-0.15, -0.1) is 16.4 Å². The molecule has 0 unspecified atom stereocenters. The molecule has 10 heteroatoms. The van der Waals surface area contributed by atoms with E-state index in [1.54, 1.807) is 0 Å². The molecule has 0 bridgehead atoms. The second-order valence-corrected chi connectivity index (χ2v) is 7.29. The van der Waals surface area contributed by atoms with Gasteiger partial charge in [-0.05, 0) is 19.4 Å². The van der Waals surface area contributed by atoms with Gasteiger partial charge in [0.25, 0.3) is 5.91 Å². The van der Waals surface area contributed by atoms with Crippen molar-refractivity contribution in [2.24, 2.45) is 5.14 Å². The second kappa shape index (κ2) is 5.54. The maximum absolute atomic E-state index is 12.1. The predicted octanol–water partition coefficient (Wildman–Crippen LogP) is -0.0914. The normalized spacial score (nSPS) is 11.8. The van der Waals surface area contributed by atoms with Crippen LogP contribution in [-0.2, 0) is 10.0 Å². The molecule has 2 aromatic heterocycles. The van der Waals surface area contributed by atoms with Gasteiger partial charge in [0.2, 0.25) is 10.0 Å². The largest absolute Gasteiger partial charge is 0.397 e. The van der Waals surface area contributed by atoms with E-state index < -0.39 is 15.9 Å². The van der Waals surface area contributed by atoms with E-state index in [1.165, 1.54) is 0 Å². The molecule has 2 heterocycles. The Morgan fingerprint density at radius 3 is 2.62 bits per heavy atom. The first-order chi connectivity index (χ1) is 9.70. The summed E-state index contributed by atoms with van der Waals surface area (Å²) in [5, 5.41) is 16.1. The van der Waals surface area contributed by atoms with E-state index in [9.17, 15) is 13.2 Å². The van der Waals surface area contributed by atoms with Gasteiger partial charge in [-0.1, -0.05) is 0 Å². The van der Waals surface area contributed by atoms with Gasteiger partial charge in [-0.2, -0.15) is 5.10 Å². The first-order valence-corrected chi connectivity index (χ1v) is 8.54. The van der Waals surface area contributed by atoms with Gasteiger partial charge in [0.15, 0.2) is 0 Å². The number of aromatic nitrogens is 2. The van der Waals surface area contributed by atoms with Crippen LogP contribution in [0, 0.1) is 13.8 Å². The molecule has 5 N–H and O–H groups in total. The predicted molar refractivity (Wildman–Crippen MR) is 81.6 cm³/mol. The van der Waals surface area contributed by atoms with Gasteiger partial charge in [0.05, 0.1) is 17.1 Å². The van der Waals surface area contributed by atoms with Crippen molar-refractivity contribution < 1.29 is 13.2 Å². The van der Waals surface area contributed by atoms with Gasteiger partial charge < -0.3 is 11.1 Å². The number of fused-ring (bicyclic) bond motifs is 1. The van der Waals surface area contributed by atoms with E-state index in [4.69, 9.17) is 10.9 Å². The Bertz CT molecular complexity index is 813. The van der Waals surface area contributed by atoms with Crippen molar-refractivity contribution in [3.63, 3.8) is 0 Å². The maximum atomic E-state index is 12.1. The molecule has 0 fully saturated rings. The zero-order chi connectivity index (χ0) is 15.8. The van der Waals surface area contributed by atoms with Crippen LogP contribution in [0.2, 0.25) is 0 Å². The molecule has 0 aliphatic carbocycles. The average molecular weight is 329 g/mol. The lowest BCUT2D eigenvalue weighted by molar-refractivity contribution is 0.0961. The summed E-state index contributed by atoms with van der Waals surface area (Å²) < 4.78 is 21.7. The van der Waals surface area contributed by atoms with Gasteiger partial charge in [-0.3, -0.25) is 4.79 Å². The molecular formula is C11H15N5O3S2. The smallest absolute Gasteiger partial charge is 0.263 e. The Morgan fingerprint density at radius 2 is 2.00 bits per heavy atom. The lowest BCUT2D eigenvalue weighted by atomic mass is 10.1. The molecule has 0 aromatic carbocycles. The Hall–Kier alpha value is -1.78. The number of anilines is 1. The van der Waals surface area contributed by atoms with E-state index in [1.807, 2.05) is 13.8 Å². The SMILES string of the molecule is Cc1nnc2sc(C(=O)NCCS(N)(=O)=O)c(N)c2c1C. The summed E-state index contributed by atoms with van der Waals surface area (Å²) in [5.41, 5.74) is 7.95. The zero-order valence-electron chi connectivity index (χ0n) is 11.5. The first kappa shape index (κ1) is 15.6. The fourth-order valence-corrected chi connectivity index (χ4v) is 3.20. The standard InChI is InChI=1S/C11H15N5O3S2/c1-5-6(2)15-16-11-7(5)8(12)9(20-11)10(17)14-3-4-21(13,18)19/h3-4,12H2,1-2H3,(H,14,17)(H2,13,18,19). The van der Waals surface area contributed by atoms with E-state index >= 15 is 0 Å². The van der Waals surface area contributed by atoms with Crippen LogP contribution in [0.3, 0.4) is 0 Å². The van der Waals surface area contributed by atoms with Crippen molar-refractivity contribution in [1.82, 2.24) is 15.5 Å². The summed E-state index contributed by atoms with van der Waals surface area (Å²) >= 11 is 1.12. The number of carbonyl (C=O) groups is 1. The first-order valence-electron chi connectivity index (χ1n) is 6.01. The zero-order valence-corrected chi connectivity index (χ0v) is 13.1. The number of sulfonamides is 1. The van der Waals surface area contributed by atoms with Crippen LogP contribution in [0.1, 0.15) is 20.9 Å². The van der Waals surface area contributed by atoms with Crippen LogP contribution in [0.15, 0.2) is 0 Å². The number of primary sulfonamides is 1. The number of hydrogen-bond donors (Lipinski definition) is 3. The minimum absolute atomic E-state index is 0.0744. The molecule has 0 saturated heterocycles. The minimum Gasteiger partial charge on any atom is -0.397 e. The fourth-order valence-electron chi connectivity index (χ4n) is 1.80. The monoisotopic (exact) mass is 329 g/mol. The molecule has 0 aliphatic rings. The summed E-state index contributed by atoms with van der Waals surface area (Å²) in [6.07, 6.45) is 0. The molecule has 0 spiro atoms. The summed E-state index contributed by atoms with van der Waals surface area (Å²) in [7, 11) is -3.61. The number of hydrogen-bond acceptors (Lipinski definition) is 7. The molecule has 8 nitrogen and oxygen atoms in total. The number of amides is 1. The van der Waals surface area contributed by atoms with Crippen LogP contribution >= 0.6 is 11.3 Å². The van der Waals surface area contributed by atoms with E-state index in [-0.39, 0.29) is 12.3 Å². The van der Waals surface area contributed by atoms with Crippen molar-refractivity contribution in [3.8, 4) is 0 Å². The highest BCUT2D eigenvalue weighted by Gasteiger charge is 2.19. The molecular weight excluding hydrogens is 314 g/mol. The van der Waals surface area contributed by atoms with E-state index in [2.05, 4.69) is 15.5 Å². The van der Waals surface area contributed by atoms with Crippen molar-refractivity contribution in [3.05, 3.63) is 16.1 Å². The van der Waals surface area contributed by atoms with Crippen molar-refractivity contribution in [2.75, 3.05) is 18.0 Å². The summed E-state index contributed by atoms with van der Waals surface area (Å²) in [4.78, 5) is 12.9. The molecule has 2 rings (SSSR count). The van der Waals surface area contributed by atoms with Gasteiger partial charge in [0.1, 0.15) is 9.71 Å². The maximum Gasteiger partial charge on any atom is 0.263 e. The van der Waals surface area contributed by atoms with Gasteiger partial charge >= 0.3 is 0 Å². The summed E-state index contributed by atoms with van der Waals surface area (Å²) in [5.74, 6) is -0.780. The number of rotatable bonds is 4. The molecule has 114 valence electrons. The lowest BCUT2D eigenvalue weighted by Crippen LogP contribution is -2.31. The van der Waals surface area contributed by atoms with Crippen LogP contribution in [0.4, 0.5) is 5.69 Å². The van der Waals surface area contributed by atoms with Crippen molar-refractivity contribution in [2.45, 2.75) is 13.8 Å². The highest BCUT2D eigenvalue weighted by atomic mass is 32.2. The Balaban J connectivity index is 2.28. The number of nitrogens with one attached hydrogen (secondary N) is 1. The van der Waals surface area contributed by atoms with Crippen LogP contribution < -0.4 is 16.2 Å². The van der Waals surface area contributed by atoms with Crippen LogP contribution in [-0.4, -0.2) is 36.8 Å². The molecule has 1 amide bonds. The number of carbonyl (C=O) groups excluding carboxylic acids is 1. The number of nitrogens with two attached hydrogens (primary N) is 2. The molecule has 21 heavy (non-hydrogen) atoms. The lowest BCUT2D eigenvalue weighted by Gasteiger charge is -2.03. The Labute approximate surface area is 125 Å². The minimum atomic E-state index is -3.61. The molecule has 0 saturated carbocycles. The Kier molecular flexibility index (Phi) is 4.12.